The maximum absolute atomic E-state index is 4.03. The van der Waals surface area contributed by atoms with Crippen LogP contribution >= 0.6 is 0 Å². The molecular weight excluding hydrogens is 210 g/mol. The third-order valence-corrected chi connectivity index (χ3v) is 3.82. The molecule has 1 aliphatic rings. The van der Waals surface area contributed by atoms with Crippen molar-refractivity contribution < 1.29 is 0 Å². The second kappa shape index (κ2) is 5.61. The van der Waals surface area contributed by atoms with Crippen LogP contribution in [0.5, 0.6) is 0 Å². The van der Waals surface area contributed by atoms with E-state index in [0.717, 1.165) is 13.1 Å². The van der Waals surface area contributed by atoms with Gasteiger partial charge in [0.1, 0.15) is 0 Å². The third-order valence-electron chi connectivity index (χ3n) is 3.82. The Morgan fingerprint density at radius 1 is 1.29 bits per heavy atom. The summed E-state index contributed by atoms with van der Waals surface area (Å²) >= 11 is 0. The molecule has 0 spiro atoms. The van der Waals surface area contributed by atoms with E-state index in [2.05, 4.69) is 41.3 Å². The van der Waals surface area contributed by atoms with Crippen LogP contribution in [-0.2, 0) is 6.54 Å². The second-order valence-electron chi connectivity index (χ2n) is 5.57. The highest BCUT2D eigenvalue weighted by Gasteiger charge is 2.28. The molecule has 1 saturated heterocycles. The van der Waals surface area contributed by atoms with E-state index in [1.54, 1.807) is 0 Å². The van der Waals surface area contributed by atoms with Gasteiger partial charge in [0, 0.05) is 25.5 Å². The van der Waals surface area contributed by atoms with Gasteiger partial charge in [-0.05, 0) is 56.1 Å². The van der Waals surface area contributed by atoms with Gasteiger partial charge in [-0.1, -0.05) is 6.92 Å². The number of likely N-dealkylation sites (tertiary alicyclic amines) is 1. The first-order valence-corrected chi connectivity index (χ1v) is 6.46. The largest absolute Gasteiger partial charge is 0.312 e. The average molecular weight is 233 g/mol. The fraction of sp³-hybridized carbons (Fsp3) is 0.643. The molecule has 1 N–H and O–H groups in total. The van der Waals surface area contributed by atoms with Gasteiger partial charge in [0.15, 0.2) is 0 Å². The van der Waals surface area contributed by atoms with E-state index in [4.69, 9.17) is 0 Å². The van der Waals surface area contributed by atoms with Gasteiger partial charge in [-0.15, -0.1) is 0 Å². The minimum atomic E-state index is 0.472. The van der Waals surface area contributed by atoms with E-state index in [1.807, 2.05) is 12.4 Å². The first kappa shape index (κ1) is 12.5. The van der Waals surface area contributed by atoms with Crippen LogP contribution < -0.4 is 5.32 Å². The number of rotatable bonds is 4. The van der Waals surface area contributed by atoms with Crippen molar-refractivity contribution in [2.24, 2.45) is 5.41 Å². The quantitative estimate of drug-likeness (QED) is 0.861. The van der Waals surface area contributed by atoms with Gasteiger partial charge in [-0.25, -0.2) is 0 Å². The third kappa shape index (κ3) is 3.79. The van der Waals surface area contributed by atoms with Crippen molar-refractivity contribution >= 4 is 0 Å². The molecule has 2 heterocycles. The van der Waals surface area contributed by atoms with E-state index in [0.29, 0.717) is 5.41 Å². The zero-order valence-electron chi connectivity index (χ0n) is 10.9. The molecule has 1 fully saturated rings. The summed E-state index contributed by atoms with van der Waals surface area (Å²) < 4.78 is 0. The lowest BCUT2D eigenvalue weighted by molar-refractivity contribution is 0.137. The van der Waals surface area contributed by atoms with Crippen LogP contribution in [0.1, 0.15) is 25.3 Å². The molecular formula is C14H23N3. The normalized spacial score (nSPS) is 20.4. The molecule has 1 aromatic rings. The lowest BCUT2D eigenvalue weighted by Gasteiger charge is -2.38. The Hall–Kier alpha value is -0.930. The topological polar surface area (TPSA) is 28.2 Å². The van der Waals surface area contributed by atoms with Gasteiger partial charge < -0.3 is 10.2 Å². The van der Waals surface area contributed by atoms with Gasteiger partial charge in [0.05, 0.1) is 0 Å². The average Bonchev–Trinajstić information content (AvgIpc) is 2.35. The number of hydrogen-bond acceptors (Lipinski definition) is 3. The summed E-state index contributed by atoms with van der Waals surface area (Å²) in [6.45, 7) is 6.93. The smallest absolute Gasteiger partial charge is 0.0271 e. The van der Waals surface area contributed by atoms with Crippen LogP contribution in [0.2, 0.25) is 0 Å². The lowest BCUT2D eigenvalue weighted by Crippen LogP contribution is -2.41. The highest BCUT2D eigenvalue weighted by Crippen LogP contribution is 2.29. The summed E-state index contributed by atoms with van der Waals surface area (Å²) in [6, 6.07) is 4.15. The molecule has 0 unspecified atom stereocenters. The molecule has 0 aromatic carbocycles. The minimum Gasteiger partial charge on any atom is -0.312 e. The van der Waals surface area contributed by atoms with Crippen LogP contribution in [-0.4, -0.2) is 36.6 Å². The van der Waals surface area contributed by atoms with Gasteiger partial charge in [-0.3, -0.25) is 4.98 Å². The molecule has 0 amide bonds. The van der Waals surface area contributed by atoms with E-state index in [9.17, 15) is 0 Å². The lowest BCUT2D eigenvalue weighted by atomic mass is 9.80. The molecule has 2 rings (SSSR count). The molecule has 0 saturated carbocycles. The molecule has 0 atom stereocenters. The summed E-state index contributed by atoms with van der Waals surface area (Å²) in [6.07, 6.45) is 6.31. The first-order chi connectivity index (χ1) is 8.18. The zero-order chi connectivity index (χ0) is 12.1. The van der Waals surface area contributed by atoms with Crippen LogP contribution in [0, 0.1) is 5.41 Å². The molecule has 0 aliphatic carbocycles. The Kier molecular flexibility index (Phi) is 4.13. The summed E-state index contributed by atoms with van der Waals surface area (Å²) in [4.78, 5) is 6.45. The molecule has 3 nitrogen and oxygen atoms in total. The molecule has 3 heteroatoms. The zero-order valence-corrected chi connectivity index (χ0v) is 10.9. The van der Waals surface area contributed by atoms with E-state index in [1.165, 1.54) is 31.5 Å². The predicted octanol–water partition coefficient (Wildman–Crippen LogP) is 1.90. The second-order valence-corrected chi connectivity index (χ2v) is 5.57. The summed E-state index contributed by atoms with van der Waals surface area (Å²) in [7, 11) is 2.21. The Morgan fingerprint density at radius 3 is 2.59 bits per heavy atom. The summed E-state index contributed by atoms with van der Waals surface area (Å²) in [5.74, 6) is 0. The maximum Gasteiger partial charge on any atom is 0.0271 e. The minimum absolute atomic E-state index is 0.472. The van der Waals surface area contributed by atoms with Crippen molar-refractivity contribution in [3.63, 3.8) is 0 Å². The van der Waals surface area contributed by atoms with Crippen molar-refractivity contribution in [1.29, 1.82) is 0 Å². The molecule has 1 aromatic heterocycles. The number of aromatic nitrogens is 1. The molecule has 94 valence electrons. The van der Waals surface area contributed by atoms with Gasteiger partial charge in [0.2, 0.25) is 0 Å². The summed E-state index contributed by atoms with van der Waals surface area (Å²) in [5.41, 5.74) is 1.79. The Bertz CT molecular complexity index is 329. The van der Waals surface area contributed by atoms with Crippen LogP contribution in [0.3, 0.4) is 0 Å². The number of nitrogens with one attached hydrogen (secondary N) is 1. The summed E-state index contributed by atoms with van der Waals surface area (Å²) in [5, 5.41) is 3.58. The van der Waals surface area contributed by atoms with Crippen molar-refractivity contribution in [3.8, 4) is 0 Å². The van der Waals surface area contributed by atoms with Gasteiger partial charge >= 0.3 is 0 Å². The van der Waals surface area contributed by atoms with E-state index in [-0.39, 0.29) is 0 Å². The molecule has 1 aliphatic heterocycles. The fourth-order valence-corrected chi connectivity index (χ4v) is 2.34. The van der Waals surface area contributed by atoms with E-state index >= 15 is 0 Å². The standard InChI is InChI=1S/C14H23N3/c1-14(5-9-17(2)10-6-14)12-16-11-13-3-7-15-8-4-13/h3-4,7-8,16H,5-6,9-12H2,1-2H3. The number of hydrogen-bond donors (Lipinski definition) is 1. The Balaban J connectivity index is 1.75. The maximum atomic E-state index is 4.03. The highest BCUT2D eigenvalue weighted by atomic mass is 15.1. The Labute approximate surface area is 104 Å². The molecule has 0 radical (unpaired) electrons. The Morgan fingerprint density at radius 2 is 1.94 bits per heavy atom. The van der Waals surface area contributed by atoms with Crippen molar-refractivity contribution in [2.75, 3.05) is 26.7 Å². The van der Waals surface area contributed by atoms with Crippen molar-refractivity contribution in [1.82, 2.24) is 15.2 Å². The molecule has 0 bridgehead atoms. The van der Waals surface area contributed by atoms with Gasteiger partial charge in [-0.2, -0.15) is 0 Å². The van der Waals surface area contributed by atoms with Crippen molar-refractivity contribution in [2.45, 2.75) is 26.3 Å². The van der Waals surface area contributed by atoms with Gasteiger partial charge in [0.25, 0.3) is 0 Å². The van der Waals surface area contributed by atoms with Crippen LogP contribution in [0.25, 0.3) is 0 Å². The predicted molar refractivity (Wildman–Crippen MR) is 70.8 cm³/mol. The fourth-order valence-electron chi connectivity index (χ4n) is 2.34. The van der Waals surface area contributed by atoms with Crippen LogP contribution in [0.15, 0.2) is 24.5 Å². The number of nitrogens with zero attached hydrogens (tertiary/aromatic N) is 2. The SMILES string of the molecule is CN1CCC(C)(CNCc2ccncc2)CC1. The van der Waals surface area contributed by atoms with E-state index < -0.39 is 0 Å². The number of piperidine rings is 1. The molecule has 17 heavy (non-hydrogen) atoms. The van der Waals surface area contributed by atoms with Crippen molar-refractivity contribution in [3.05, 3.63) is 30.1 Å². The van der Waals surface area contributed by atoms with Crippen LogP contribution in [0.4, 0.5) is 0 Å². The first-order valence-electron chi connectivity index (χ1n) is 6.46. The monoisotopic (exact) mass is 233 g/mol. The number of pyridine rings is 1. The highest BCUT2D eigenvalue weighted by molar-refractivity contribution is 5.09.